The van der Waals surface area contributed by atoms with E-state index in [1.807, 2.05) is 42.9 Å². The van der Waals surface area contributed by atoms with Gasteiger partial charge in [-0.15, -0.1) is 0 Å². The molecule has 10 heterocycles. The Kier molecular flexibility index (Phi) is 14.5. The highest BCUT2D eigenvalue weighted by Gasteiger charge is 2.27. The van der Waals surface area contributed by atoms with Crippen molar-refractivity contribution in [2.75, 3.05) is 55.3 Å². The highest BCUT2D eigenvalue weighted by atomic mass is 32.2. The first-order chi connectivity index (χ1) is 34.6. The number of nitrogens with one attached hydrogen (secondary N) is 1. The second kappa shape index (κ2) is 21.1. The molecule has 2 fully saturated rings. The van der Waals surface area contributed by atoms with Crippen molar-refractivity contribution < 1.29 is 26.8 Å². The van der Waals surface area contributed by atoms with Crippen LogP contribution in [0, 0.1) is 11.6 Å². The van der Waals surface area contributed by atoms with Gasteiger partial charge in [0.15, 0.2) is 11.6 Å². The van der Waals surface area contributed by atoms with Crippen LogP contribution in [0.5, 0.6) is 0 Å². The molecule has 0 spiro atoms. The Bertz CT molecular complexity index is 3380. The summed E-state index contributed by atoms with van der Waals surface area (Å²) >= 11 is 0. The fourth-order valence-electron chi connectivity index (χ4n) is 8.70. The number of anilines is 2. The minimum Gasteiger partial charge on any atom is -0.314 e. The average Bonchev–Trinajstić information content (AvgIpc) is 3.86. The van der Waals surface area contributed by atoms with Gasteiger partial charge < -0.3 is 15.1 Å². The van der Waals surface area contributed by atoms with Crippen LogP contribution < -0.4 is 15.1 Å². The van der Waals surface area contributed by atoms with Gasteiger partial charge in [0.05, 0.1) is 78.7 Å². The third-order valence-corrected chi connectivity index (χ3v) is 14.0. The molecule has 21 heteroatoms. The number of fused-ring (bicyclic) bond motifs is 2. The number of amides is 2. The topological polar surface area (TPSA) is 202 Å². The third kappa shape index (κ3) is 11.0. The molecule has 18 nitrogen and oxygen atoms in total. The molecule has 10 rings (SSSR count). The Labute approximate surface area is 415 Å². The Balaban J connectivity index is 0.000000179. The quantitative estimate of drug-likeness (QED) is 0.149. The van der Waals surface area contributed by atoms with E-state index in [0.717, 1.165) is 46.3 Å². The Morgan fingerprint density at radius 1 is 0.597 bits per heavy atom. The normalized spacial score (nSPS) is 15.1. The molecule has 72 heavy (non-hydrogen) atoms. The number of rotatable bonds is 11. The predicted octanol–water partition coefficient (Wildman–Crippen LogP) is 6.40. The van der Waals surface area contributed by atoms with Crippen molar-refractivity contribution in [2.24, 2.45) is 0 Å². The van der Waals surface area contributed by atoms with Gasteiger partial charge in [-0.25, -0.2) is 46.2 Å². The highest BCUT2D eigenvalue weighted by Crippen LogP contribution is 2.29. The molecule has 0 radical (unpaired) electrons. The summed E-state index contributed by atoms with van der Waals surface area (Å²) in [4.78, 5) is 54.5. The standard InChI is InChI=1S/C26H28FN7O3S.C25H26FN7O/c1-17(2)21-15-30-34-9-6-18(12-23(21)34)26-22(27)16-29-24(31-26)13-19-4-5-20(14-28-19)33-11-10-32(38(3,36)37)8-7-25(33)35;1-16(2)20-14-30-33-9-6-17(11-22(20)33)25-21(26)15-29-23(31-25)12-18-3-4-19(13-28-18)32-10-8-27-7-5-24(32)34/h4-6,9,12,14-17H,7-8,10-11,13H2,1-3H3;3-4,6,9,11,13-16,27H,5,7-8,10,12H2,1-2H3. The molecule has 2 amide bonds. The zero-order valence-electron chi connectivity index (χ0n) is 40.6. The molecular weight excluding hydrogens is 943 g/mol. The number of hydrogen-bond donors (Lipinski definition) is 1. The molecule has 0 saturated carbocycles. The van der Waals surface area contributed by atoms with Crippen molar-refractivity contribution in [1.29, 1.82) is 0 Å². The summed E-state index contributed by atoms with van der Waals surface area (Å²) in [5.74, 6) is 0.386. The van der Waals surface area contributed by atoms with Crippen LogP contribution in [0.25, 0.3) is 33.5 Å². The maximum Gasteiger partial charge on any atom is 0.228 e. The third-order valence-electron chi connectivity index (χ3n) is 12.6. The molecule has 372 valence electrons. The van der Waals surface area contributed by atoms with Gasteiger partial charge in [-0.2, -0.15) is 14.5 Å². The van der Waals surface area contributed by atoms with Gasteiger partial charge in [-0.3, -0.25) is 19.6 Å². The van der Waals surface area contributed by atoms with E-state index in [9.17, 15) is 26.8 Å². The summed E-state index contributed by atoms with van der Waals surface area (Å²) in [6.45, 7) is 11.1. The number of carbonyl (C=O) groups excluding carboxylic acids is 2. The molecule has 2 saturated heterocycles. The summed E-state index contributed by atoms with van der Waals surface area (Å²) in [6.07, 6.45) is 15.3. The monoisotopic (exact) mass is 996 g/mol. The van der Waals surface area contributed by atoms with Crippen LogP contribution in [-0.2, 0) is 32.5 Å². The molecule has 8 aromatic heterocycles. The van der Waals surface area contributed by atoms with Crippen LogP contribution in [0.4, 0.5) is 20.2 Å². The number of aromatic nitrogens is 10. The Hall–Kier alpha value is -7.49. The first-order valence-electron chi connectivity index (χ1n) is 23.7. The lowest BCUT2D eigenvalue weighted by atomic mass is 10.0. The molecule has 0 aromatic carbocycles. The molecular formula is C51H54F2N14O4S. The molecule has 0 atom stereocenters. The second-order valence-corrected chi connectivity index (χ2v) is 20.3. The predicted molar refractivity (Wildman–Crippen MR) is 268 cm³/mol. The van der Waals surface area contributed by atoms with E-state index in [1.165, 1.54) is 16.7 Å². The SMILES string of the molecule is CC(C)c1cnn2ccc(-c3nc(Cc4ccc(N5CCN(S(C)(=O)=O)CCC5=O)cn4)ncc3F)cc12.CC(C)c1cnn2ccc(-c3nc(Cc4ccc(N5CCNCCC5=O)cn4)ncc3F)cc12. The van der Waals surface area contributed by atoms with Gasteiger partial charge in [-0.1, -0.05) is 27.7 Å². The highest BCUT2D eigenvalue weighted by molar-refractivity contribution is 7.88. The van der Waals surface area contributed by atoms with Crippen LogP contribution in [0.15, 0.2) is 98.1 Å². The molecule has 0 bridgehead atoms. The fourth-order valence-corrected chi connectivity index (χ4v) is 9.54. The summed E-state index contributed by atoms with van der Waals surface area (Å²) in [7, 11) is -3.37. The summed E-state index contributed by atoms with van der Waals surface area (Å²) in [5.41, 5.74) is 8.52. The second-order valence-electron chi connectivity index (χ2n) is 18.3. The molecule has 1 N–H and O–H groups in total. The van der Waals surface area contributed by atoms with Gasteiger partial charge in [-0.05, 0) is 60.4 Å². The van der Waals surface area contributed by atoms with E-state index < -0.39 is 21.7 Å². The number of carbonyl (C=O) groups is 2. The molecule has 2 aliphatic rings. The van der Waals surface area contributed by atoms with E-state index in [1.54, 1.807) is 61.7 Å². The summed E-state index contributed by atoms with van der Waals surface area (Å²) in [5, 5.41) is 12.0. The number of pyridine rings is 4. The lowest BCUT2D eigenvalue weighted by Gasteiger charge is -2.21. The van der Waals surface area contributed by atoms with E-state index >= 15 is 0 Å². The van der Waals surface area contributed by atoms with E-state index in [4.69, 9.17) is 0 Å². The molecule has 2 aliphatic heterocycles. The van der Waals surface area contributed by atoms with Crippen molar-refractivity contribution in [3.63, 3.8) is 0 Å². The van der Waals surface area contributed by atoms with Crippen molar-refractivity contribution in [2.45, 2.75) is 65.2 Å². The first-order valence-corrected chi connectivity index (χ1v) is 25.6. The van der Waals surface area contributed by atoms with Crippen molar-refractivity contribution in [3.05, 3.63) is 144 Å². The molecule has 8 aromatic rings. The minimum atomic E-state index is -3.37. The lowest BCUT2D eigenvalue weighted by Crippen LogP contribution is -2.35. The zero-order valence-corrected chi connectivity index (χ0v) is 41.4. The maximum absolute atomic E-state index is 14.8. The van der Waals surface area contributed by atoms with Crippen LogP contribution in [0.2, 0.25) is 0 Å². The average molecular weight is 997 g/mol. The van der Waals surface area contributed by atoms with Gasteiger partial charge >= 0.3 is 0 Å². The van der Waals surface area contributed by atoms with E-state index in [-0.39, 0.29) is 61.6 Å². The number of nitrogens with zero attached hydrogens (tertiary/aromatic N) is 13. The van der Waals surface area contributed by atoms with Crippen LogP contribution in [0.3, 0.4) is 0 Å². The van der Waals surface area contributed by atoms with Gasteiger partial charge in [0.1, 0.15) is 23.0 Å². The zero-order chi connectivity index (χ0) is 50.7. The van der Waals surface area contributed by atoms with Crippen LogP contribution in [-0.4, -0.2) is 119 Å². The first kappa shape index (κ1) is 49.5. The van der Waals surface area contributed by atoms with Crippen molar-refractivity contribution in [3.8, 4) is 22.5 Å². The van der Waals surface area contributed by atoms with Gasteiger partial charge in [0.2, 0.25) is 21.8 Å². The summed E-state index contributed by atoms with van der Waals surface area (Å²) < 4.78 is 58.1. The Morgan fingerprint density at radius 3 is 1.57 bits per heavy atom. The van der Waals surface area contributed by atoms with Crippen molar-refractivity contribution >= 4 is 44.2 Å². The smallest absolute Gasteiger partial charge is 0.228 e. The number of halogens is 2. The largest absolute Gasteiger partial charge is 0.314 e. The van der Waals surface area contributed by atoms with E-state index in [0.29, 0.717) is 66.0 Å². The fraction of sp³-hybridized carbons (Fsp3) is 0.333. The molecule has 0 unspecified atom stereocenters. The number of hydrogen-bond acceptors (Lipinski definition) is 13. The van der Waals surface area contributed by atoms with Crippen LogP contribution in [0.1, 0.15) is 86.5 Å². The van der Waals surface area contributed by atoms with Gasteiger partial charge in [0, 0.05) is 98.1 Å². The maximum atomic E-state index is 14.8. The summed E-state index contributed by atoms with van der Waals surface area (Å²) in [6, 6.07) is 14.7. The van der Waals surface area contributed by atoms with Crippen LogP contribution >= 0.6 is 0 Å². The minimum absolute atomic E-state index is 0.0850. The lowest BCUT2D eigenvalue weighted by molar-refractivity contribution is -0.119. The molecule has 0 aliphatic carbocycles. The number of sulfonamides is 1. The van der Waals surface area contributed by atoms with Gasteiger partial charge in [0.25, 0.3) is 0 Å². The Morgan fingerprint density at radius 2 is 1.10 bits per heavy atom. The van der Waals surface area contributed by atoms with Crippen molar-refractivity contribution in [1.82, 2.24) is 58.8 Å². The van der Waals surface area contributed by atoms with E-state index in [2.05, 4.69) is 73.1 Å².